The molecule has 0 aliphatic heterocycles. The molecule has 0 aromatic heterocycles. The van der Waals surface area contributed by atoms with E-state index in [-0.39, 0.29) is 23.2 Å². The molecule has 2 rings (SSSR count). The molecule has 0 bridgehead atoms. The summed E-state index contributed by atoms with van der Waals surface area (Å²) in [5, 5.41) is 23.5. The van der Waals surface area contributed by atoms with Crippen LogP contribution in [0.1, 0.15) is 22.8 Å². The standard InChI is InChI=1S/C19H17F3N2O6/c1-30-18(27)14(10-12-4-2-3-5-15(12)24(28)29)23-17(26)16(25)11-6-8-13(9-7-11)19(20,21)22/h2-9,14,16,25H,10H2,1H3,(H,23,26)/t14-,16+/m1/s1. The number of amides is 1. The Balaban J connectivity index is 2.19. The van der Waals surface area contributed by atoms with Gasteiger partial charge in [-0.1, -0.05) is 30.3 Å². The number of esters is 1. The number of nitrogens with zero attached hydrogens (tertiary/aromatic N) is 1. The summed E-state index contributed by atoms with van der Waals surface area (Å²) in [5.74, 6) is -2.00. The number of carbonyl (C=O) groups is 2. The number of nitro benzene ring substituents is 1. The van der Waals surface area contributed by atoms with Gasteiger partial charge in [-0.05, 0) is 17.7 Å². The van der Waals surface area contributed by atoms with Gasteiger partial charge < -0.3 is 15.2 Å². The van der Waals surface area contributed by atoms with Gasteiger partial charge in [0.05, 0.1) is 17.6 Å². The zero-order valence-electron chi connectivity index (χ0n) is 15.6. The first-order valence-electron chi connectivity index (χ1n) is 8.50. The number of ether oxygens (including phenoxy) is 1. The Hall–Kier alpha value is -3.47. The van der Waals surface area contributed by atoms with Crippen LogP contribution in [0.5, 0.6) is 0 Å². The summed E-state index contributed by atoms with van der Waals surface area (Å²) in [6, 6.07) is 7.47. The average Bonchev–Trinajstić information content (AvgIpc) is 2.71. The number of alkyl halides is 3. The Labute approximate surface area is 168 Å². The van der Waals surface area contributed by atoms with Crippen LogP contribution in [0.3, 0.4) is 0 Å². The quantitative estimate of drug-likeness (QED) is 0.399. The molecular weight excluding hydrogens is 409 g/mol. The molecule has 1 amide bonds. The van der Waals surface area contributed by atoms with E-state index in [2.05, 4.69) is 10.1 Å². The third kappa shape index (κ3) is 5.54. The molecule has 0 heterocycles. The fraction of sp³-hybridized carbons (Fsp3) is 0.263. The van der Waals surface area contributed by atoms with Crippen molar-refractivity contribution in [2.45, 2.75) is 24.7 Å². The third-order valence-electron chi connectivity index (χ3n) is 4.22. The number of nitro groups is 1. The van der Waals surface area contributed by atoms with E-state index in [9.17, 15) is 38.0 Å². The summed E-state index contributed by atoms with van der Waals surface area (Å²) in [7, 11) is 1.05. The molecular formula is C19H17F3N2O6. The van der Waals surface area contributed by atoms with Crippen LogP contribution in [0, 0.1) is 10.1 Å². The monoisotopic (exact) mass is 426 g/mol. The minimum atomic E-state index is -4.58. The molecule has 11 heteroatoms. The second-order valence-electron chi connectivity index (χ2n) is 6.20. The van der Waals surface area contributed by atoms with Gasteiger partial charge in [0.15, 0.2) is 6.10 Å². The first kappa shape index (κ1) is 22.8. The number of hydrogen-bond acceptors (Lipinski definition) is 6. The largest absolute Gasteiger partial charge is 0.467 e. The van der Waals surface area contributed by atoms with E-state index in [1.165, 1.54) is 24.3 Å². The van der Waals surface area contributed by atoms with Crippen molar-refractivity contribution < 1.29 is 37.5 Å². The Morgan fingerprint density at radius 3 is 2.30 bits per heavy atom. The number of halogens is 3. The van der Waals surface area contributed by atoms with Gasteiger partial charge in [0.25, 0.3) is 11.6 Å². The predicted molar refractivity (Wildman–Crippen MR) is 97.2 cm³/mol. The van der Waals surface area contributed by atoms with Gasteiger partial charge in [-0.25, -0.2) is 4.79 Å². The van der Waals surface area contributed by atoms with Gasteiger partial charge in [0, 0.05) is 18.1 Å². The van der Waals surface area contributed by atoms with Crippen LogP contribution < -0.4 is 5.32 Å². The topological polar surface area (TPSA) is 119 Å². The molecule has 30 heavy (non-hydrogen) atoms. The second kappa shape index (κ2) is 9.35. The zero-order chi connectivity index (χ0) is 22.5. The number of benzene rings is 2. The van der Waals surface area contributed by atoms with Crippen LogP contribution in [0.2, 0.25) is 0 Å². The molecule has 8 nitrogen and oxygen atoms in total. The average molecular weight is 426 g/mol. The maximum atomic E-state index is 12.6. The minimum Gasteiger partial charge on any atom is -0.467 e. The molecule has 0 spiro atoms. The van der Waals surface area contributed by atoms with Crippen LogP contribution >= 0.6 is 0 Å². The van der Waals surface area contributed by atoms with E-state index < -0.39 is 40.7 Å². The number of carbonyl (C=O) groups excluding carboxylic acids is 2. The van der Waals surface area contributed by atoms with Crippen LogP contribution in [0.15, 0.2) is 48.5 Å². The van der Waals surface area contributed by atoms with Crippen molar-refractivity contribution in [3.63, 3.8) is 0 Å². The first-order valence-corrected chi connectivity index (χ1v) is 8.50. The summed E-state index contributed by atoms with van der Waals surface area (Å²) >= 11 is 0. The van der Waals surface area contributed by atoms with E-state index in [0.717, 1.165) is 19.2 Å². The molecule has 2 aromatic rings. The third-order valence-corrected chi connectivity index (χ3v) is 4.22. The Kier molecular flexibility index (Phi) is 7.11. The van der Waals surface area contributed by atoms with Crippen molar-refractivity contribution in [3.8, 4) is 0 Å². The maximum Gasteiger partial charge on any atom is 0.416 e. The fourth-order valence-electron chi connectivity index (χ4n) is 2.67. The Morgan fingerprint density at radius 1 is 1.17 bits per heavy atom. The van der Waals surface area contributed by atoms with E-state index in [1.54, 1.807) is 0 Å². The molecule has 0 saturated carbocycles. The summed E-state index contributed by atoms with van der Waals surface area (Å²) in [5.41, 5.74) is -1.22. The lowest BCUT2D eigenvalue weighted by Gasteiger charge is -2.19. The van der Waals surface area contributed by atoms with Crippen molar-refractivity contribution in [3.05, 3.63) is 75.3 Å². The minimum absolute atomic E-state index is 0.130. The van der Waals surface area contributed by atoms with Gasteiger partial charge >= 0.3 is 12.1 Å². The summed E-state index contributed by atoms with van der Waals surface area (Å²) < 4.78 is 42.5. The van der Waals surface area contributed by atoms with Crippen molar-refractivity contribution in [2.75, 3.05) is 7.11 Å². The Morgan fingerprint density at radius 2 is 1.77 bits per heavy atom. The first-order chi connectivity index (χ1) is 14.0. The molecule has 160 valence electrons. The molecule has 0 saturated heterocycles. The smallest absolute Gasteiger partial charge is 0.416 e. The van der Waals surface area contributed by atoms with Gasteiger partial charge in [0.1, 0.15) is 6.04 Å². The van der Waals surface area contributed by atoms with E-state index in [4.69, 9.17) is 0 Å². The lowest BCUT2D eigenvalue weighted by Crippen LogP contribution is -2.45. The van der Waals surface area contributed by atoms with Gasteiger partial charge in [-0.2, -0.15) is 13.2 Å². The molecule has 2 aromatic carbocycles. The zero-order valence-corrected chi connectivity index (χ0v) is 15.6. The molecule has 2 N–H and O–H groups in total. The van der Waals surface area contributed by atoms with E-state index >= 15 is 0 Å². The molecule has 0 fully saturated rings. The van der Waals surface area contributed by atoms with Gasteiger partial charge in [0.2, 0.25) is 0 Å². The van der Waals surface area contributed by atoms with Crippen molar-refractivity contribution in [1.29, 1.82) is 0 Å². The predicted octanol–water partition coefficient (Wildman–Crippen LogP) is 2.55. The summed E-state index contributed by atoms with van der Waals surface area (Å²) in [4.78, 5) is 34.9. The molecule has 0 unspecified atom stereocenters. The highest BCUT2D eigenvalue weighted by Gasteiger charge is 2.31. The fourth-order valence-corrected chi connectivity index (χ4v) is 2.67. The highest BCUT2D eigenvalue weighted by atomic mass is 19.4. The van der Waals surface area contributed by atoms with Gasteiger partial charge in [-0.3, -0.25) is 14.9 Å². The van der Waals surface area contributed by atoms with Crippen LogP contribution in [0.4, 0.5) is 18.9 Å². The van der Waals surface area contributed by atoms with E-state index in [0.29, 0.717) is 12.1 Å². The van der Waals surface area contributed by atoms with Crippen molar-refractivity contribution in [1.82, 2.24) is 5.32 Å². The summed E-state index contributed by atoms with van der Waals surface area (Å²) in [6.07, 6.45) is -6.74. The normalized spacial score (nSPS) is 13.2. The van der Waals surface area contributed by atoms with Crippen LogP contribution in [0.25, 0.3) is 0 Å². The van der Waals surface area contributed by atoms with Crippen LogP contribution in [-0.2, 0) is 26.9 Å². The molecule has 0 aliphatic carbocycles. The second-order valence-corrected chi connectivity index (χ2v) is 6.20. The molecule has 0 aliphatic rings. The highest BCUT2D eigenvalue weighted by Crippen LogP contribution is 2.30. The number of aliphatic hydroxyl groups is 1. The number of aliphatic hydroxyl groups excluding tert-OH is 1. The number of para-hydroxylation sites is 1. The number of rotatable bonds is 7. The highest BCUT2D eigenvalue weighted by molar-refractivity contribution is 5.87. The number of hydrogen-bond donors (Lipinski definition) is 2. The van der Waals surface area contributed by atoms with Crippen molar-refractivity contribution in [2.24, 2.45) is 0 Å². The summed E-state index contributed by atoms with van der Waals surface area (Å²) in [6.45, 7) is 0. The number of methoxy groups -OCH3 is 1. The molecule has 0 radical (unpaired) electrons. The Bertz CT molecular complexity index is 931. The van der Waals surface area contributed by atoms with E-state index in [1.807, 2.05) is 0 Å². The van der Waals surface area contributed by atoms with Crippen LogP contribution in [-0.4, -0.2) is 35.1 Å². The van der Waals surface area contributed by atoms with Gasteiger partial charge in [-0.15, -0.1) is 0 Å². The lowest BCUT2D eigenvalue weighted by atomic mass is 10.0. The maximum absolute atomic E-state index is 12.6. The SMILES string of the molecule is COC(=O)[C@@H](Cc1ccccc1[N+](=O)[O-])NC(=O)[C@@H](O)c1ccc(C(F)(F)F)cc1. The lowest BCUT2D eigenvalue weighted by molar-refractivity contribution is -0.385. The number of nitrogens with one attached hydrogen (secondary N) is 1. The van der Waals surface area contributed by atoms with Crippen molar-refractivity contribution >= 4 is 17.6 Å². The molecule has 2 atom stereocenters.